The average molecular weight is 114 g/mol. The van der Waals surface area contributed by atoms with Crippen LogP contribution in [0, 0.1) is 0 Å². The Morgan fingerprint density at radius 1 is 1.75 bits per heavy atom. The molecule has 8 heavy (non-hydrogen) atoms. The minimum absolute atomic E-state index is 0.758. The molecule has 46 valence electrons. The summed E-state index contributed by atoms with van der Waals surface area (Å²) in [5.41, 5.74) is 1.26. The van der Waals surface area contributed by atoms with Gasteiger partial charge in [-0.05, 0) is 12.0 Å². The fraction of sp³-hybridized carbons (Fsp3) is 0.667. The smallest absolute Gasteiger partial charge is 0.0840 e. The van der Waals surface area contributed by atoms with Crippen LogP contribution in [0.3, 0.4) is 0 Å². The number of rotatable bonds is 1. The Hall–Kier alpha value is -0.500. The average Bonchev–Trinajstić information content (AvgIpc) is 2.19. The number of hydrogen-bond donors (Lipinski definition) is 0. The zero-order chi connectivity index (χ0) is 5.82. The third-order valence-corrected chi connectivity index (χ3v) is 1.14. The first-order valence-electron chi connectivity index (χ1n) is 2.72. The fourth-order valence-electron chi connectivity index (χ4n) is 0.738. The molecule has 0 bridgehead atoms. The Bertz CT molecular complexity index is 88.7. The zero-order valence-electron chi connectivity index (χ0n) is 5.02. The summed E-state index contributed by atoms with van der Waals surface area (Å²) in [7, 11) is 1.66. The second kappa shape index (κ2) is 2.72. The van der Waals surface area contributed by atoms with Crippen LogP contribution >= 0.6 is 0 Å². The van der Waals surface area contributed by atoms with Gasteiger partial charge in [0, 0.05) is 0 Å². The van der Waals surface area contributed by atoms with Crippen molar-refractivity contribution in [1.82, 2.24) is 0 Å². The maximum atomic E-state index is 5.06. The first-order valence-corrected chi connectivity index (χ1v) is 2.72. The molecule has 0 spiro atoms. The lowest BCUT2D eigenvalue weighted by atomic mass is 10.3. The molecule has 2 nitrogen and oxygen atoms in total. The molecule has 0 amide bonds. The van der Waals surface area contributed by atoms with Crippen LogP contribution in [-0.2, 0) is 9.47 Å². The molecule has 1 fully saturated rings. The molecular weight excluding hydrogens is 104 g/mol. The van der Waals surface area contributed by atoms with Crippen LogP contribution in [-0.4, -0.2) is 20.3 Å². The van der Waals surface area contributed by atoms with Gasteiger partial charge in [0.15, 0.2) is 0 Å². The third-order valence-electron chi connectivity index (χ3n) is 1.14. The van der Waals surface area contributed by atoms with E-state index >= 15 is 0 Å². The predicted molar refractivity (Wildman–Crippen MR) is 30.5 cm³/mol. The van der Waals surface area contributed by atoms with Gasteiger partial charge in [-0.15, -0.1) is 0 Å². The van der Waals surface area contributed by atoms with Gasteiger partial charge in [-0.25, -0.2) is 0 Å². The summed E-state index contributed by atoms with van der Waals surface area (Å²) < 4.78 is 9.85. The molecule has 0 aromatic rings. The highest BCUT2D eigenvalue weighted by Crippen LogP contribution is 2.09. The molecule has 1 saturated heterocycles. The molecule has 0 N–H and O–H groups in total. The van der Waals surface area contributed by atoms with Gasteiger partial charge in [0.05, 0.1) is 26.6 Å². The molecule has 1 aliphatic rings. The number of ether oxygens (including phenoxy) is 2. The standard InChI is InChI=1S/C6H10O2/c1-7-4-6-2-3-8-5-6/h4H,2-3,5H2,1H3. The van der Waals surface area contributed by atoms with Crippen LogP contribution in [0.25, 0.3) is 0 Å². The SMILES string of the molecule is COC=C1CCOC1. The van der Waals surface area contributed by atoms with Gasteiger partial charge in [-0.1, -0.05) is 0 Å². The van der Waals surface area contributed by atoms with Crippen molar-refractivity contribution in [2.45, 2.75) is 6.42 Å². The van der Waals surface area contributed by atoms with E-state index in [0.29, 0.717) is 0 Å². The Morgan fingerprint density at radius 2 is 2.62 bits per heavy atom. The van der Waals surface area contributed by atoms with E-state index in [1.54, 1.807) is 13.4 Å². The van der Waals surface area contributed by atoms with Gasteiger partial charge in [0.1, 0.15) is 0 Å². The van der Waals surface area contributed by atoms with Crippen LogP contribution < -0.4 is 0 Å². The van der Waals surface area contributed by atoms with E-state index < -0.39 is 0 Å². The van der Waals surface area contributed by atoms with Crippen LogP contribution in [0.15, 0.2) is 11.8 Å². The first-order chi connectivity index (χ1) is 3.93. The number of methoxy groups -OCH3 is 1. The van der Waals surface area contributed by atoms with Gasteiger partial charge in [0.2, 0.25) is 0 Å². The maximum absolute atomic E-state index is 5.06. The lowest BCUT2D eigenvalue weighted by Crippen LogP contribution is -1.81. The van der Waals surface area contributed by atoms with E-state index in [-0.39, 0.29) is 0 Å². The van der Waals surface area contributed by atoms with Gasteiger partial charge in [0.25, 0.3) is 0 Å². The second-order valence-corrected chi connectivity index (χ2v) is 1.81. The summed E-state index contributed by atoms with van der Waals surface area (Å²) in [6.45, 7) is 1.61. The predicted octanol–water partition coefficient (Wildman–Crippen LogP) is 0.937. The minimum Gasteiger partial charge on any atom is -0.504 e. The largest absolute Gasteiger partial charge is 0.504 e. The zero-order valence-corrected chi connectivity index (χ0v) is 5.02. The minimum atomic E-state index is 0.758. The summed E-state index contributed by atoms with van der Waals surface area (Å²) in [6.07, 6.45) is 2.79. The van der Waals surface area contributed by atoms with Crippen molar-refractivity contribution in [3.8, 4) is 0 Å². The van der Waals surface area contributed by atoms with Crippen molar-refractivity contribution in [2.75, 3.05) is 20.3 Å². The molecular formula is C6H10O2. The van der Waals surface area contributed by atoms with Gasteiger partial charge in [-0.2, -0.15) is 0 Å². The summed E-state index contributed by atoms with van der Waals surface area (Å²) in [5, 5.41) is 0. The lowest BCUT2D eigenvalue weighted by molar-refractivity contribution is 0.203. The van der Waals surface area contributed by atoms with Crippen molar-refractivity contribution >= 4 is 0 Å². The molecule has 0 atom stereocenters. The molecule has 1 aliphatic heterocycles. The molecule has 0 aromatic carbocycles. The molecule has 0 unspecified atom stereocenters. The van der Waals surface area contributed by atoms with E-state index in [0.717, 1.165) is 19.6 Å². The quantitative estimate of drug-likeness (QED) is 0.472. The van der Waals surface area contributed by atoms with E-state index in [1.165, 1.54) is 5.57 Å². The van der Waals surface area contributed by atoms with Crippen molar-refractivity contribution in [3.63, 3.8) is 0 Å². The van der Waals surface area contributed by atoms with E-state index in [9.17, 15) is 0 Å². The highest BCUT2D eigenvalue weighted by atomic mass is 16.5. The van der Waals surface area contributed by atoms with Crippen molar-refractivity contribution in [1.29, 1.82) is 0 Å². The van der Waals surface area contributed by atoms with E-state index in [4.69, 9.17) is 9.47 Å². The van der Waals surface area contributed by atoms with Gasteiger partial charge in [-0.3, -0.25) is 0 Å². The second-order valence-electron chi connectivity index (χ2n) is 1.81. The molecule has 2 heteroatoms. The molecule has 0 aromatic heterocycles. The van der Waals surface area contributed by atoms with Gasteiger partial charge < -0.3 is 9.47 Å². The van der Waals surface area contributed by atoms with Gasteiger partial charge >= 0.3 is 0 Å². The van der Waals surface area contributed by atoms with Crippen molar-refractivity contribution in [3.05, 3.63) is 11.8 Å². The monoisotopic (exact) mass is 114 g/mol. The Balaban J connectivity index is 2.33. The molecule has 0 radical (unpaired) electrons. The third kappa shape index (κ3) is 1.23. The normalized spacial score (nSPS) is 24.4. The maximum Gasteiger partial charge on any atom is 0.0840 e. The fourth-order valence-corrected chi connectivity index (χ4v) is 0.738. The van der Waals surface area contributed by atoms with Crippen LogP contribution in [0.1, 0.15) is 6.42 Å². The summed E-state index contributed by atoms with van der Waals surface area (Å²) in [6, 6.07) is 0. The topological polar surface area (TPSA) is 18.5 Å². The van der Waals surface area contributed by atoms with Crippen LogP contribution in [0.2, 0.25) is 0 Å². The summed E-state index contributed by atoms with van der Waals surface area (Å²) >= 11 is 0. The molecule has 0 saturated carbocycles. The summed E-state index contributed by atoms with van der Waals surface area (Å²) in [4.78, 5) is 0. The van der Waals surface area contributed by atoms with Crippen LogP contribution in [0.5, 0.6) is 0 Å². The molecule has 0 aliphatic carbocycles. The van der Waals surface area contributed by atoms with Crippen molar-refractivity contribution < 1.29 is 9.47 Å². The lowest BCUT2D eigenvalue weighted by Gasteiger charge is -1.89. The van der Waals surface area contributed by atoms with E-state index in [2.05, 4.69) is 0 Å². The summed E-state index contributed by atoms with van der Waals surface area (Å²) in [5.74, 6) is 0. The van der Waals surface area contributed by atoms with Crippen LogP contribution in [0.4, 0.5) is 0 Å². The highest BCUT2D eigenvalue weighted by Gasteiger charge is 2.05. The molecule has 1 heterocycles. The Labute approximate surface area is 49.1 Å². The van der Waals surface area contributed by atoms with Crippen molar-refractivity contribution in [2.24, 2.45) is 0 Å². The Kier molecular flexibility index (Phi) is 1.92. The number of hydrogen-bond acceptors (Lipinski definition) is 2. The first kappa shape index (κ1) is 5.63. The van der Waals surface area contributed by atoms with E-state index in [1.807, 2.05) is 0 Å². The Morgan fingerprint density at radius 3 is 3.12 bits per heavy atom. The molecule has 1 rings (SSSR count). The highest BCUT2D eigenvalue weighted by molar-refractivity contribution is 5.01.